The van der Waals surface area contributed by atoms with Crippen molar-refractivity contribution in [3.8, 4) is 5.88 Å². The summed E-state index contributed by atoms with van der Waals surface area (Å²) in [5, 5.41) is 0.205. The van der Waals surface area contributed by atoms with Crippen LogP contribution in [0.3, 0.4) is 0 Å². The van der Waals surface area contributed by atoms with Crippen LogP contribution in [0.2, 0.25) is 0 Å². The fourth-order valence-electron chi connectivity index (χ4n) is 3.38. The van der Waals surface area contributed by atoms with Crippen LogP contribution >= 0.6 is 0 Å². The van der Waals surface area contributed by atoms with Crippen molar-refractivity contribution < 1.29 is 22.5 Å². The van der Waals surface area contributed by atoms with Crippen molar-refractivity contribution in [1.29, 1.82) is 0 Å². The minimum absolute atomic E-state index is 0.0530. The zero-order chi connectivity index (χ0) is 23.7. The van der Waals surface area contributed by atoms with E-state index >= 15 is 4.39 Å². The van der Waals surface area contributed by atoms with Gasteiger partial charge in [-0.05, 0) is 35.7 Å². The van der Waals surface area contributed by atoms with Crippen LogP contribution < -0.4 is 9.46 Å². The summed E-state index contributed by atoms with van der Waals surface area (Å²) >= 11 is 0. The Morgan fingerprint density at radius 2 is 1.85 bits per heavy atom. The van der Waals surface area contributed by atoms with Crippen molar-refractivity contribution in [1.82, 2.24) is 15.0 Å². The van der Waals surface area contributed by atoms with Crippen LogP contribution in [0.1, 0.15) is 41.3 Å². The van der Waals surface area contributed by atoms with E-state index in [2.05, 4.69) is 19.7 Å². The molecule has 0 spiro atoms. The summed E-state index contributed by atoms with van der Waals surface area (Å²) in [5.41, 5.74) is 0.233. The lowest BCUT2D eigenvalue weighted by molar-refractivity contribution is 0.103. The Morgan fingerprint density at radius 1 is 1.12 bits per heavy atom. The van der Waals surface area contributed by atoms with E-state index < -0.39 is 34.0 Å². The van der Waals surface area contributed by atoms with Gasteiger partial charge in [0.05, 0.1) is 34.2 Å². The van der Waals surface area contributed by atoms with Gasteiger partial charge < -0.3 is 9.72 Å². The third-order valence-corrected chi connectivity index (χ3v) is 6.26. The van der Waals surface area contributed by atoms with Gasteiger partial charge in [-0.15, -0.1) is 0 Å². The van der Waals surface area contributed by atoms with Gasteiger partial charge in [0.15, 0.2) is 5.82 Å². The normalized spacial score (nSPS) is 12.2. The molecule has 0 bridgehead atoms. The number of hydrogen-bond donors (Lipinski definition) is 2. The first-order valence-electron chi connectivity index (χ1n) is 9.99. The molecule has 0 saturated heterocycles. The quantitative estimate of drug-likeness (QED) is 0.381. The van der Waals surface area contributed by atoms with E-state index in [0.29, 0.717) is 10.8 Å². The second-order valence-electron chi connectivity index (χ2n) is 7.52. The maximum Gasteiger partial charge on any atom is 0.226 e. The predicted molar refractivity (Wildman–Crippen MR) is 121 cm³/mol. The number of ketones is 1. The van der Waals surface area contributed by atoms with Crippen molar-refractivity contribution >= 4 is 33.5 Å². The van der Waals surface area contributed by atoms with E-state index in [4.69, 9.17) is 4.74 Å². The number of nitrogens with zero attached hydrogens (tertiary/aromatic N) is 2. The Labute approximate surface area is 190 Å². The predicted octanol–water partition coefficient (Wildman–Crippen LogP) is 4.73. The third kappa shape index (κ3) is 4.21. The highest BCUT2D eigenvalue weighted by molar-refractivity contribution is 7.86. The van der Waals surface area contributed by atoms with Crippen molar-refractivity contribution in [2.75, 3.05) is 11.8 Å². The summed E-state index contributed by atoms with van der Waals surface area (Å²) in [6.45, 7) is 4.07. The third-order valence-electron chi connectivity index (χ3n) is 5.15. The van der Waals surface area contributed by atoms with Crippen molar-refractivity contribution in [2.24, 2.45) is 0 Å². The smallest absolute Gasteiger partial charge is 0.226 e. The summed E-state index contributed by atoms with van der Waals surface area (Å²) in [4.78, 5) is 24.3. The number of halogens is 2. The Bertz CT molecular complexity index is 1370. The van der Waals surface area contributed by atoms with Crippen LogP contribution in [0.5, 0.6) is 5.88 Å². The minimum Gasteiger partial charge on any atom is -0.480 e. The molecule has 1 atom stereocenters. The highest BCUT2D eigenvalue weighted by atomic mass is 32.2. The molecule has 1 unspecified atom stereocenters. The molecule has 2 N–H and O–H groups in total. The van der Waals surface area contributed by atoms with Gasteiger partial charge in [-0.2, -0.15) is 0 Å². The number of aromatic amines is 1. The van der Waals surface area contributed by atoms with Gasteiger partial charge in [0.1, 0.15) is 28.8 Å². The standard InChI is InChI=1S/C23H20F2N4O3S/c1-12(2)13-4-6-14(7-5-13)33(31)29-17-9-8-16(24)19(20(17)25)21(30)15-10-26-22-18(15)23(32-3)28-11-27-22/h4-12,29H,1-3H3,(H,26,27,28). The molecule has 33 heavy (non-hydrogen) atoms. The minimum atomic E-state index is -1.83. The maximum atomic E-state index is 15.3. The number of benzene rings is 2. The SMILES string of the molecule is COc1ncnc2[nH]cc(C(=O)c3c(F)ccc(NS(=O)c4ccc(C(C)C)cc4)c3F)c12. The van der Waals surface area contributed by atoms with E-state index in [1.807, 2.05) is 26.0 Å². The summed E-state index contributed by atoms with van der Waals surface area (Å²) < 4.78 is 50.3. The molecular formula is C23H20F2N4O3S. The molecule has 0 aliphatic rings. The lowest BCUT2D eigenvalue weighted by Gasteiger charge is -2.12. The van der Waals surface area contributed by atoms with Crippen LogP contribution in [0.4, 0.5) is 14.5 Å². The van der Waals surface area contributed by atoms with Gasteiger partial charge in [-0.3, -0.25) is 9.52 Å². The number of aromatic nitrogens is 3. The van der Waals surface area contributed by atoms with Crippen LogP contribution in [0.25, 0.3) is 11.0 Å². The number of nitrogens with one attached hydrogen (secondary N) is 2. The number of hydrogen-bond acceptors (Lipinski definition) is 5. The Kier molecular flexibility index (Phi) is 6.19. The second kappa shape index (κ2) is 9.07. The first kappa shape index (κ1) is 22.5. The van der Waals surface area contributed by atoms with Crippen LogP contribution in [-0.2, 0) is 11.0 Å². The molecule has 10 heteroatoms. The summed E-state index contributed by atoms with van der Waals surface area (Å²) in [5.74, 6) is -2.75. The molecule has 4 aromatic rings. The van der Waals surface area contributed by atoms with Gasteiger partial charge in [-0.25, -0.2) is 23.0 Å². The van der Waals surface area contributed by atoms with Gasteiger partial charge in [-0.1, -0.05) is 26.0 Å². The Balaban J connectivity index is 1.69. The average molecular weight is 471 g/mol. The summed E-state index contributed by atoms with van der Waals surface area (Å²) in [6, 6.07) is 9.05. The monoisotopic (exact) mass is 470 g/mol. The topological polar surface area (TPSA) is 97.0 Å². The molecule has 7 nitrogen and oxygen atoms in total. The molecule has 0 fully saturated rings. The van der Waals surface area contributed by atoms with E-state index in [1.54, 1.807) is 12.1 Å². The van der Waals surface area contributed by atoms with Gasteiger partial charge in [0.2, 0.25) is 11.7 Å². The number of H-pyrrole nitrogens is 1. The van der Waals surface area contributed by atoms with E-state index in [0.717, 1.165) is 17.7 Å². The number of carbonyl (C=O) groups excluding carboxylic acids is 1. The van der Waals surface area contributed by atoms with Crippen molar-refractivity contribution in [2.45, 2.75) is 24.7 Å². The number of rotatable bonds is 7. The molecular weight excluding hydrogens is 450 g/mol. The highest BCUT2D eigenvalue weighted by Gasteiger charge is 2.26. The van der Waals surface area contributed by atoms with Gasteiger partial charge in [0.25, 0.3) is 0 Å². The lowest BCUT2D eigenvalue weighted by Crippen LogP contribution is -2.12. The van der Waals surface area contributed by atoms with Crippen molar-refractivity contribution in [3.05, 3.63) is 77.2 Å². The van der Waals surface area contributed by atoms with Crippen LogP contribution in [0.15, 0.2) is 53.8 Å². The molecule has 0 amide bonds. The number of ether oxygens (including phenoxy) is 1. The van der Waals surface area contributed by atoms with E-state index in [1.165, 1.54) is 19.6 Å². The van der Waals surface area contributed by atoms with Crippen LogP contribution in [0, 0.1) is 11.6 Å². The average Bonchev–Trinajstić information content (AvgIpc) is 3.25. The van der Waals surface area contributed by atoms with E-state index in [9.17, 15) is 13.4 Å². The summed E-state index contributed by atoms with van der Waals surface area (Å²) in [6.07, 6.45) is 2.53. The number of anilines is 1. The first-order valence-corrected chi connectivity index (χ1v) is 11.1. The molecule has 2 aromatic heterocycles. The Morgan fingerprint density at radius 3 is 2.52 bits per heavy atom. The van der Waals surface area contributed by atoms with E-state index in [-0.39, 0.29) is 28.2 Å². The molecule has 2 aromatic carbocycles. The fourth-order valence-corrected chi connectivity index (χ4v) is 4.24. The molecule has 0 aliphatic carbocycles. The molecule has 0 saturated carbocycles. The number of carbonyl (C=O) groups is 1. The molecule has 0 radical (unpaired) electrons. The lowest BCUT2D eigenvalue weighted by atomic mass is 10.0. The maximum absolute atomic E-state index is 15.3. The van der Waals surface area contributed by atoms with Gasteiger partial charge in [0, 0.05) is 6.20 Å². The molecule has 0 aliphatic heterocycles. The zero-order valence-electron chi connectivity index (χ0n) is 18.0. The largest absolute Gasteiger partial charge is 0.480 e. The Hall–Kier alpha value is -3.66. The fraction of sp³-hybridized carbons (Fsp3) is 0.174. The second-order valence-corrected chi connectivity index (χ2v) is 8.73. The van der Waals surface area contributed by atoms with Crippen molar-refractivity contribution in [3.63, 3.8) is 0 Å². The zero-order valence-corrected chi connectivity index (χ0v) is 18.8. The molecule has 4 rings (SSSR count). The number of methoxy groups -OCH3 is 1. The first-order chi connectivity index (χ1) is 15.8. The molecule has 170 valence electrons. The number of fused-ring (bicyclic) bond motifs is 1. The summed E-state index contributed by atoms with van der Waals surface area (Å²) in [7, 11) is -0.469. The van der Waals surface area contributed by atoms with Crippen LogP contribution in [-0.4, -0.2) is 32.1 Å². The molecule has 2 heterocycles. The van der Waals surface area contributed by atoms with Gasteiger partial charge >= 0.3 is 0 Å². The highest BCUT2D eigenvalue weighted by Crippen LogP contribution is 2.30.